The molecule has 0 bridgehead atoms. The number of thioether (sulfide) groups is 1. The van der Waals surface area contributed by atoms with E-state index in [9.17, 15) is 0 Å². The number of rotatable bonds is 0. The summed E-state index contributed by atoms with van der Waals surface area (Å²) < 4.78 is 0. The van der Waals surface area contributed by atoms with Crippen molar-refractivity contribution >= 4 is 17.4 Å². The molecule has 1 aromatic rings. The molecule has 0 radical (unpaired) electrons. The Balaban J connectivity index is 2.42. The maximum atomic E-state index is 3.36. The summed E-state index contributed by atoms with van der Waals surface area (Å²) in [5.41, 5.74) is 1.28. The molecule has 1 unspecified atom stereocenters. The third-order valence-corrected chi connectivity index (χ3v) is 2.63. The number of hydrogen-bond acceptors (Lipinski definition) is 2. The van der Waals surface area contributed by atoms with E-state index in [2.05, 4.69) is 36.5 Å². The van der Waals surface area contributed by atoms with Crippen LogP contribution in [-0.2, 0) is 0 Å². The molecule has 0 aromatic heterocycles. The van der Waals surface area contributed by atoms with E-state index < -0.39 is 0 Å². The van der Waals surface area contributed by atoms with E-state index in [1.807, 2.05) is 11.8 Å². The van der Waals surface area contributed by atoms with Crippen LogP contribution in [0.5, 0.6) is 0 Å². The van der Waals surface area contributed by atoms with Gasteiger partial charge in [-0.1, -0.05) is 23.9 Å². The van der Waals surface area contributed by atoms with Crippen molar-refractivity contribution < 1.29 is 0 Å². The van der Waals surface area contributed by atoms with Gasteiger partial charge >= 0.3 is 0 Å². The summed E-state index contributed by atoms with van der Waals surface area (Å²) in [6, 6.07) is 8.40. The van der Waals surface area contributed by atoms with Crippen molar-refractivity contribution in [1.29, 1.82) is 0 Å². The fourth-order valence-corrected chi connectivity index (χ4v) is 2.11. The zero-order chi connectivity index (χ0) is 6.97. The maximum absolute atomic E-state index is 3.36. The van der Waals surface area contributed by atoms with E-state index in [0.29, 0.717) is 5.37 Å². The van der Waals surface area contributed by atoms with Gasteiger partial charge in [-0.3, -0.25) is 0 Å². The molecule has 1 aliphatic heterocycles. The first-order valence-corrected chi connectivity index (χ1v) is 4.26. The molecule has 0 fully saturated rings. The SMILES string of the molecule is CC1Nc2ccccc2S1. The molecule has 1 aliphatic rings. The lowest BCUT2D eigenvalue weighted by molar-refractivity contribution is 1.15. The van der Waals surface area contributed by atoms with Crippen LogP contribution in [0.15, 0.2) is 29.2 Å². The van der Waals surface area contributed by atoms with Crippen molar-refractivity contribution in [2.45, 2.75) is 17.2 Å². The molecule has 0 saturated carbocycles. The highest BCUT2D eigenvalue weighted by molar-refractivity contribution is 8.00. The van der Waals surface area contributed by atoms with Gasteiger partial charge in [0.25, 0.3) is 0 Å². The van der Waals surface area contributed by atoms with E-state index >= 15 is 0 Å². The van der Waals surface area contributed by atoms with E-state index in [1.165, 1.54) is 10.6 Å². The minimum Gasteiger partial charge on any atom is -0.372 e. The Bertz CT molecular complexity index is 222. The lowest BCUT2D eigenvalue weighted by Gasteiger charge is -1.98. The molecule has 10 heavy (non-hydrogen) atoms. The molecule has 1 nitrogen and oxygen atoms in total. The van der Waals surface area contributed by atoms with Gasteiger partial charge in [0.15, 0.2) is 0 Å². The molecule has 0 saturated heterocycles. The van der Waals surface area contributed by atoms with Crippen molar-refractivity contribution in [3.8, 4) is 0 Å². The highest BCUT2D eigenvalue weighted by Crippen LogP contribution is 2.37. The molecule has 52 valence electrons. The lowest BCUT2D eigenvalue weighted by atomic mass is 10.3. The number of fused-ring (bicyclic) bond motifs is 1. The van der Waals surface area contributed by atoms with Crippen molar-refractivity contribution in [3.63, 3.8) is 0 Å². The lowest BCUT2D eigenvalue weighted by Crippen LogP contribution is -2.02. The monoisotopic (exact) mass is 151 g/mol. The van der Waals surface area contributed by atoms with Crippen LogP contribution < -0.4 is 5.32 Å². The van der Waals surface area contributed by atoms with E-state index in [-0.39, 0.29) is 0 Å². The molecule has 1 aromatic carbocycles. The first-order valence-electron chi connectivity index (χ1n) is 3.38. The number of anilines is 1. The predicted octanol–water partition coefficient (Wildman–Crippen LogP) is 2.55. The van der Waals surface area contributed by atoms with Crippen LogP contribution >= 0.6 is 11.8 Å². The Morgan fingerprint density at radius 2 is 2.20 bits per heavy atom. The Labute approximate surface area is 64.8 Å². The molecular weight excluding hydrogens is 142 g/mol. The van der Waals surface area contributed by atoms with Crippen LogP contribution in [0.1, 0.15) is 6.92 Å². The summed E-state index contributed by atoms with van der Waals surface area (Å²) in [5, 5.41) is 3.90. The van der Waals surface area contributed by atoms with Crippen LogP contribution in [0.3, 0.4) is 0 Å². The summed E-state index contributed by atoms with van der Waals surface area (Å²) in [6.45, 7) is 2.17. The van der Waals surface area contributed by atoms with Gasteiger partial charge in [-0.15, -0.1) is 0 Å². The van der Waals surface area contributed by atoms with Gasteiger partial charge in [-0.05, 0) is 19.1 Å². The third-order valence-electron chi connectivity index (χ3n) is 1.55. The number of benzene rings is 1. The Morgan fingerprint density at radius 3 is 3.00 bits per heavy atom. The highest BCUT2D eigenvalue weighted by atomic mass is 32.2. The van der Waals surface area contributed by atoms with Gasteiger partial charge in [0.05, 0.1) is 5.37 Å². The number of nitrogens with one attached hydrogen (secondary N) is 1. The van der Waals surface area contributed by atoms with Crippen molar-refractivity contribution in [3.05, 3.63) is 24.3 Å². The summed E-state index contributed by atoms with van der Waals surface area (Å²) in [5.74, 6) is 0. The summed E-state index contributed by atoms with van der Waals surface area (Å²) in [6.07, 6.45) is 0. The van der Waals surface area contributed by atoms with Gasteiger partial charge in [0.1, 0.15) is 0 Å². The van der Waals surface area contributed by atoms with Gasteiger partial charge in [0, 0.05) is 10.6 Å². The zero-order valence-corrected chi connectivity index (χ0v) is 6.61. The zero-order valence-electron chi connectivity index (χ0n) is 5.79. The van der Waals surface area contributed by atoms with Crippen LogP contribution in [0.4, 0.5) is 5.69 Å². The molecule has 1 heterocycles. The molecule has 2 heteroatoms. The normalized spacial score (nSPS) is 21.9. The minimum atomic E-state index is 0.539. The molecule has 0 aliphatic carbocycles. The standard InChI is InChI=1S/C8H9NS/c1-6-9-7-4-2-3-5-8(7)10-6/h2-6,9H,1H3. The van der Waals surface area contributed by atoms with Gasteiger partial charge < -0.3 is 5.32 Å². The van der Waals surface area contributed by atoms with E-state index in [4.69, 9.17) is 0 Å². The first-order chi connectivity index (χ1) is 4.86. The smallest absolute Gasteiger partial charge is 0.0741 e. The summed E-state index contributed by atoms with van der Waals surface area (Å²) >= 11 is 1.88. The second-order valence-electron chi connectivity index (χ2n) is 2.40. The molecule has 2 rings (SSSR count). The van der Waals surface area contributed by atoms with Crippen molar-refractivity contribution in [2.75, 3.05) is 5.32 Å². The Morgan fingerprint density at radius 1 is 1.40 bits per heavy atom. The largest absolute Gasteiger partial charge is 0.372 e. The van der Waals surface area contributed by atoms with E-state index in [1.54, 1.807) is 0 Å². The molecule has 1 atom stereocenters. The number of hydrogen-bond donors (Lipinski definition) is 1. The van der Waals surface area contributed by atoms with Gasteiger partial charge in [-0.25, -0.2) is 0 Å². The van der Waals surface area contributed by atoms with Crippen LogP contribution in [-0.4, -0.2) is 5.37 Å². The summed E-state index contributed by atoms with van der Waals surface area (Å²) in [7, 11) is 0. The van der Waals surface area contributed by atoms with Crippen LogP contribution in [0, 0.1) is 0 Å². The average molecular weight is 151 g/mol. The molecule has 0 amide bonds. The Hall–Kier alpha value is -0.630. The van der Waals surface area contributed by atoms with Crippen molar-refractivity contribution in [2.24, 2.45) is 0 Å². The fraction of sp³-hybridized carbons (Fsp3) is 0.250. The fourth-order valence-electron chi connectivity index (χ4n) is 1.13. The second-order valence-corrected chi connectivity index (χ2v) is 3.78. The number of para-hydroxylation sites is 1. The summed E-state index contributed by atoms with van der Waals surface area (Å²) in [4.78, 5) is 1.37. The molecule has 1 N–H and O–H groups in total. The molecule has 0 spiro atoms. The maximum Gasteiger partial charge on any atom is 0.0741 e. The topological polar surface area (TPSA) is 12.0 Å². The van der Waals surface area contributed by atoms with Gasteiger partial charge in [-0.2, -0.15) is 0 Å². The van der Waals surface area contributed by atoms with Gasteiger partial charge in [0.2, 0.25) is 0 Å². The minimum absolute atomic E-state index is 0.539. The van der Waals surface area contributed by atoms with Crippen LogP contribution in [0.25, 0.3) is 0 Å². The third kappa shape index (κ3) is 0.886. The second kappa shape index (κ2) is 2.20. The van der Waals surface area contributed by atoms with Crippen molar-refractivity contribution in [1.82, 2.24) is 0 Å². The predicted molar refractivity (Wildman–Crippen MR) is 45.4 cm³/mol. The average Bonchev–Trinajstić information content (AvgIpc) is 2.27. The quantitative estimate of drug-likeness (QED) is 0.611. The van der Waals surface area contributed by atoms with E-state index in [0.717, 1.165) is 0 Å². The Kier molecular flexibility index (Phi) is 1.34. The highest BCUT2D eigenvalue weighted by Gasteiger charge is 2.15. The van der Waals surface area contributed by atoms with Crippen LogP contribution in [0.2, 0.25) is 0 Å². The first kappa shape index (κ1) is 6.10. The molecular formula is C8H9NS.